The molecule has 4 nitrogen and oxygen atoms in total. The Balaban J connectivity index is 2.65. The molecule has 18 heavy (non-hydrogen) atoms. The molecule has 0 aromatic rings. The van der Waals surface area contributed by atoms with E-state index in [9.17, 15) is 14.7 Å². The van der Waals surface area contributed by atoms with Crippen LogP contribution in [-0.4, -0.2) is 35.0 Å². The first-order chi connectivity index (χ1) is 8.43. The fraction of sp³-hybridized carbons (Fsp3) is 0.857. The van der Waals surface area contributed by atoms with Gasteiger partial charge in [0.15, 0.2) is 0 Å². The number of carboxylic acids is 1. The van der Waals surface area contributed by atoms with Crippen LogP contribution in [-0.2, 0) is 9.59 Å². The SMILES string of the molecule is CCCC(C)N(C)C(=O)CC1(C(=O)O)CCCC1. The minimum Gasteiger partial charge on any atom is -0.481 e. The molecule has 1 N–H and O–H groups in total. The number of hydrogen-bond donors (Lipinski definition) is 1. The number of hydrogen-bond acceptors (Lipinski definition) is 2. The van der Waals surface area contributed by atoms with Crippen molar-refractivity contribution in [3.05, 3.63) is 0 Å². The monoisotopic (exact) mass is 255 g/mol. The van der Waals surface area contributed by atoms with Crippen LogP contribution in [0.4, 0.5) is 0 Å². The van der Waals surface area contributed by atoms with Crippen LogP contribution < -0.4 is 0 Å². The number of carbonyl (C=O) groups is 2. The summed E-state index contributed by atoms with van der Waals surface area (Å²) in [5.41, 5.74) is -0.794. The number of nitrogens with zero attached hydrogens (tertiary/aromatic N) is 1. The molecule has 1 aliphatic carbocycles. The fourth-order valence-corrected chi connectivity index (χ4v) is 2.79. The molecule has 1 saturated carbocycles. The molecule has 104 valence electrons. The van der Waals surface area contributed by atoms with Crippen molar-refractivity contribution in [2.24, 2.45) is 5.41 Å². The van der Waals surface area contributed by atoms with Crippen molar-refractivity contribution in [1.29, 1.82) is 0 Å². The smallest absolute Gasteiger partial charge is 0.310 e. The first kappa shape index (κ1) is 15.0. The van der Waals surface area contributed by atoms with Gasteiger partial charge in [-0.1, -0.05) is 26.2 Å². The Labute approximate surface area is 109 Å². The van der Waals surface area contributed by atoms with Gasteiger partial charge in [0.05, 0.1) is 5.41 Å². The van der Waals surface area contributed by atoms with Gasteiger partial charge in [-0.15, -0.1) is 0 Å². The lowest BCUT2D eigenvalue weighted by Gasteiger charge is -2.29. The van der Waals surface area contributed by atoms with E-state index >= 15 is 0 Å². The first-order valence-electron chi connectivity index (χ1n) is 6.92. The van der Waals surface area contributed by atoms with Gasteiger partial charge in [-0.3, -0.25) is 9.59 Å². The summed E-state index contributed by atoms with van der Waals surface area (Å²) in [5, 5.41) is 9.37. The largest absolute Gasteiger partial charge is 0.481 e. The van der Waals surface area contributed by atoms with Crippen molar-refractivity contribution in [1.82, 2.24) is 4.90 Å². The predicted molar refractivity (Wildman–Crippen MR) is 70.3 cm³/mol. The van der Waals surface area contributed by atoms with E-state index in [1.165, 1.54) is 0 Å². The van der Waals surface area contributed by atoms with Crippen LogP contribution in [0.3, 0.4) is 0 Å². The van der Waals surface area contributed by atoms with Crippen molar-refractivity contribution in [3.63, 3.8) is 0 Å². The van der Waals surface area contributed by atoms with Gasteiger partial charge < -0.3 is 10.0 Å². The van der Waals surface area contributed by atoms with Crippen molar-refractivity contribution in [2.75, 3.05) is 7.05 Å². The maximum Gasteiger partial charge on any atom is 0.310 e. The van der Waals surface area contributed by atoms with Crippen LogP contribution >= 0.6 is 0 Å². The Morgan fingerprint density at radius 1 is 1.33 bits per heavy atom. The van der Waals surface area contributed by atoms with Crippen LogP contribution in [0.25, 0.3) is 0 Å². The van der Waals surface area contributed by atoms with Crippen LogP contribution in [0.5, 0.6) is 0 Å². The summed E-state index contributed by atoms with van der Waals surface area (Å²) >= 11 is 0. The highest BCUT2D eigenvalue weighted by Crippen LogP contribution is 2.41. The van der Waals surface area contributed by atoms with Crippen LogP contribution in [0.2, 0.25) is 0 Å². The molecule has 1 amide bonds. The third-order valence-electron chi connectivity index (χ3n) is 4.26. The average Bonchev–Trinajstić information content (AvgIpc) is 2.78. The second kappa shape index (κ2) is 6.21. The van der Waals surface area contributed by atoms with Gasteiger partial charge in [0.2, 0.25) is 5.91 Å². The highest BCUT2D eigenvalue weighted by molar-refractivity contribution is 5.85. The minimum absolute atomic E-state index is 0.0275. The molecule has 1 aliphatic rings. The van der Waals surface area contributed by atoms with E-state index in [0.717, 1.165) is 25.7 Å². The summed E-state index contributed by atoms with van der Waals surface area (Å²) in [4.78, 5) is 25.3. The lowest BCUT2D eigenvalue weighted by atomic mass is 9.82. The number of amides is 1. The molecule has 0 aliphatic heterocycles. The average molecular weight is 255 g/mol. The van der Waals surface area contributed by atoms with Gasteiger partial charge in [0.25, 0.3) is 0 Å². The number of carbonyl (C=O) groups excluding carboxylic acids is 1. The zero-order valence-electron chi connectivity index (χ0n) is 11.7. The third-order valence-corrected chi connectivity index (χ3v) is 4.26. The van der Waals surface area contributed by atoms with E-state index in [0.29, 0.717) is 12.8 Å². The van der Waals surface area contributed by atoms with Crippen molar-refractivity contribution in [2.45, 2.75) is 64.8 Å². The second-order valence-electron chi connectivity index (χ2n) is 5.61. The molecule has 0 heterocycles. The van der Waals surface area contributed by atoms with Crippen molar-refractivity contribution >= 4 is 11.9 Å². The zero-order chi connectivity index (χ0) is 13.8. The van der Waals surface area contributed by atoms with Gasteiger partial charge in [0.1, 0.15) is 0 Å². The number of carboxylic acid groups (broad SMARTS) is 1. The third kappa shape index (κ3) is 3.24. The van der Waals surface area contributed by atoms with Crippen LogP contribution in [0, 0.1) is 5.41 Å². The van der Waals surface area contributed by atoms with Gasteiger partial charge in [-0.25, -0.2) is 0 Å². The normalized spacial score (nSPS) is 19.5. The maximum atomic E-state index is 12.2. The highest BCUT2D eigenvalue weighted by atomic mass is 16.4. The van der Waals surface area contributed by atoms with E-state index < -0.39 is 11.4 Å². The first-order valence-corrected chi connectivity index (χ1v) is 6.92. The van der Waals surface area contributed by atoms with E-state index in [1.54, 1.807) is 11.9 Å². The quantitative estimate of drug-likeness (QED) is 0.793. The molecule has 0 spiro atoms. The lowest BCUT2D eigenvalue weighted by molar-refractivity contribution is -0.153. The molecule has 0 aromatic carbocycles. The zero-order valence-corrected chi connectivity index (χ0v) is 11.7. The Morgan fingerprint density at radius 2 is 1.89 bits per heavy atom. The maximum absolute atomic E-state index is 12.2. The molecule has 1 rings (SSSR count). The highest BCUT2D eigenvalue weighted by Gasteiger charge is 2.43. The summed E-state index contributed by atoms with van der Waals surface area (Å²) < 4.78 is 0. The van der Waals surface area contributed by atoms with Gasteiger partial charge in [-0.05, 0) is 26.2 Å². The molecule has 0 aromatic heterocycles. The van der Waals surface area contributed by atoms with E-state index in [1.807, 2.05) is 6.92 Å². The van der Waals surface area contributed by atoms with Crippen LogP contribution in [0.1, 0.15) is 58.8 Å². The lowest BCUT2D eigenvalue weighted by Crippen LogP contribution is -2.40. The molecule has 0 saturated heterocycles. The Kier molecular flexibility index (Phi) is 5.17. The summed E-state index contributed by atoms with van der Waals surface area (Å²) in [6.45, 7) is 4.11. The molecule has 1 unspecified atom stereocenters. The molecule has 1 atom stereocenters. The molecule has 1 fully saturated rings. The molecule has 0 radical (unpaired) electrons. The Bertz CT molecular complexity index is 308. The standard InChI is InChI=1S/C14H25NO3/c1-4-7-11(2)15(3)12(16)10-14(13(17)18)8-5-6-9-14/h11H,4-10H2,1-3H3,(H,17,18). The van der Waals surface area contributed by atoms with Gasteiger partial charge >= 0.3 is 5.97 Å². The molecule has 4 heteroatoms. The van der Waals surface area contributed by atoms with Crippen LogP contribution in [0.15, 0.2) is 0 Å². The summed E-state index contributed by atoms with van der Waals surface area (Å²) in [6.07, 6.45) is 5.29. The van der Waals surface area contributed by atoms with Gasteiger partial charge in [-0.2, -0.15) is 0 Å². The Morgan fingerprint density at radius 3 is 2.33 bits per heavy atom. The van der Waals surface area contributed by atoms with Gasteiger partial charge in [0, 0.05) is 19.5 Å². The number of rotatable bonds is 6. The summed E-state index contributed by atoms with van der Waals surface area (Å²) in [7, 11) is 1.78. The summed E-state index contributed by atoms with van der Waals surface area (Å²) in [6, 6.07) is 0.190. The topological polar surface area (TPSA) is 57.6 Å². The molecular weight excluding hydrogens is 230 g/mol. The van der Waals surface area contributed by atoms with Crippen molar-refractivity contribution < 1.29 is 14.7 Å². The fourth-order valence-electron chi connectivity index (χ4n) is 2.79. The molecular formula is C14H25NO3. The van der Waals surface area contributed by atoms with E-state index in [2.05, 4.69) is 6.92 Å². The summed E-state index contributed by atoms with van der Waals surface area (Å²) in [5.74, 6) is -0.829. The predicted octanol–water partition coefficient (Wildman–Crippen LogP) is 2.67. The van der Waals surface area contributed by atoms with E-state index in [-0.39, 0.29) is 18.4 Å². The van der Waals surface area contributed by atoms with Crippen molar-refractivity contribution in [3.8, 4) is 0 Å². The minimum atomic E-state index is -0.801. The number of aliphatic carboxylic acids is 1. The molecule has 0 bridgehead atoms. The van der Waals surface area contributed by atoms with E-state index in [4.69, 9.17) is 0 Å². The second-order valence-corrected chi connectivity index (χ2v) is 5.61. The Hall–Kier alpha value is -1.06.